The van der Waals surface area contributed by atoms with E-state index in [0.29, 0.717) is 17.4 Å². The number of hydrogen-bond acceptors (Lipinski definition) is 6. The van der Waals surface area contributed by atoms with E-state index < -0.39 is 5.43 Å². The van der Waals surface area contributed by atoms with Crippen LogP contribution in [0.25, 0.3) is 0 Å². The second kappa shape index (κ2) is 9.69. The lowest BCUT2D eigenvalue weighted by atomic mass is 10.0. The number of carbonyl (C=O) groups excluding carboxylic acids is 1. The van der Waals surface area contributed by atoms with Gasteiger partial charge < -0.3 is 24.6 Å². The van der Waals surface area contributed by atoms with E-state index in [4.69, 9.17) is 4.42 Å². The van der Waals surface area contributed by atoms with Gasteiger partial charge in [-0.05, 0) is 67.4 Å². The molecule has 178 valence electrons. The Hall–Kier alpha value is -4.02. The minimum atomic E-state index is -0.470. The van der Waals surface area contributed by atoms with Gasteiger partial charge in [0.1, 0.15) is 0 Å². The highest BCUT2D eigenvalue weighted by molar-refractivity contribution is 5.94. The molecular formula is C28H27N3O4. The largest absolute Gasteiger partial charge is 0.502 e. The van der Waals surface area contributed by atoms with Gasteiger partial charge in [-0.25, -0.2) is 0 Å². The molecule has 7 heteroatoms. The minimum absolute atomic E-state index is 0.104. The summed E-state index contributed by atoms with van der Waals surface area (Å²) in [5.41, 5.74) is 2.74. The highest BCUT2D eigenvalue weighted by atomic mass is 16.4. The number of rotatable bonds is 4. The van der Waals surface area contributed by atoms with Gasteiger partial charge in [0.25, 0.3) is 5.91 Å². The molecule has 2 aliphatic rings. The number of amides is 1. The lowest BCUT2D eigenvalue weighted by Gasteiger charge is -2.19. The van der Waals surface area contributed by atoms with E-state index in [-0.39, 0.29) is 24.0 Å². The number of nitrogens with zero attached hydrogens (tertiary/aromatic N) is 2. The van der Waals surface area contributed by atoms with Gasteiger partial charge in [-0.1, -0.05) is 11.8 Å². The Morgan fingerprint density at radius 1 is 0.971 bits per heavy atom. The maximum atomic E-state index is 12.9. The first-order chi connectivity index (χ1) is 17.0. The van der Waals surface area contributed by atoms with E-state index in [1.54, 1.807) is 0 Å². The number of anilines is 1. The van der Waals surface area contributed by atoms with E-state index in [1.807, 2.05) is 53.4 Å². The van der Waals surface area contributed by atoms with Crippen molar-refractivity contribution >= 4 is 11.6 Å². The second-order valence-electron chi connectivity index (χ2n) is 9.27. The monoisotopic (exact) mass is 469 g/mol. The summed E-state index contributed by atoms with van der Waals surface area (Å²) in [6.45, 7) is 4.04. The van der Waals surface area contributed by atoms with Crippen molar-refractivity contribution in [3.05, 3.63) is 93.5 Å². The lowest BCUT2D eigenvalue weighted by molar-refractivity contribution is 0.0776. The molecule has 0 radical (unpaired) electrons. The van der Waals surface area contributed by atoms with E-state index in [2.05, 4.69) is 29.1 Å². The molecule has 0 spiro atoms. The highest BCUT2D eigenvalue weighted by Gasteiger charge is 2.40. The van der Waals surface area contributed by atoms with Crippen LogP contribution >= 0.6 is 0 Å². The zero-order chi connectivity index (χ0) is 24.4. The molecule has 0 saturated carbocycles. The van der Waals surface area contributed by atoms with Crippen molar-refractivity contribution in [3.63, 3.8) is 0 Å². The summed E-state index contributed by atoms with van der Waals surface area (Å²) in [6.07, 6.45) is 1.26. The van der Waals surface area contributed by atoms with Crippen molar-refractivity contribution in [3.8, 4) is 17.6 Å². The van der Waals surface area contributed by atoms with Crippen LogP contribution in [0.3, 0.4) is 0 Å². The third kappa shape index (κ3) is 5.08. The van der Waals surface area contributed by atoms with E-state index >= 15 is 0 Å². The van der Waals surface area contributed by atoms with Crippen molar-refractivity contribution in [2.24, 2.45) is 11.8 Å². The minimum Gasteiger partial charge on any atom is -0.502 e. The average Bonchev–Trinajstić information content (AvgIpc) is 3.42. The summed E-state index contributed by atoms with van der Waals surface area (Å²) in [5.74, 6) is 7.38. The van der Waals surface area contributed by atoms with Crippen molar-refractivity contribution < 1.29 is 14.3 Å². The van der Waals surface area contributed by atoms with Gasteiger partial charge in [0.2, 0.25) is 11.2 Å². The number of hydrogen-bond donors (Lipinski definition) is 2. The molecule has 2 saturated heterocycles. The van der Waals surface area contributed by atoms with Gasteiger partial charge >= 0.3 is 0 Å². The fourth-order valence-electron chi connectivity index (χ4n) is 4.85. The van der Waals surface area contributed by atoms with Crippen LogP contribution in [0.15, 0.2) is 70.1 Å². The van der Waals surface area contributed by atoms with Gasteiger partial charge in [-0.15, -0.1) is 0 Å². The fourth-order valence-corrected chi connectivity index (χ4v) is 4.85. The Labute approximate surface area is 204 Å². The predicted molar refractivity (Wildman–Crippen MR) is 133 cm³/mol. The summed E-state index contributed by atoms with van der Waals surface area (Å²) in [5, 5.41) is 12.9. The van der Waals surface area contributed by atoms with Gasteiger partial charge in [0.15, 0.2) is 5.76 Å². The Morgan fingerprint density at radius 2 is 1.57 bits per heavy atom. The Balaban J connectivity index is 1.17. The van der Waals surface area contributed by atoms with Crippen LogP contribution in [-0.4, -0.2) is 54.0 Å². The molecule has 0 bridgehead atoms. The molecular weight excluding hydrogens is 442 g/mol. The molecule has 2 N–H and O–H groups in total. The Kier molecular flexibility index (Phi) is 6.30. The van der Waals surface area contributed by atoms with Crippen molar-refractivity contribution in [1.29, 1.82) is 0 Å². The first-order valence-corrected chi connectivity index (χ1v) is 11.7. The quantitative estimate of drug-likeness (QED) is 0.572. The number of fused-ring (bicyclic) bond motifs is 1. The molecule has 5 rings (SSSR count). The van der Waals surface area contributed by atoms with Crippen LogP contribution in [-0.2, 0) is 6.54 Å². The summed E-state index contributed by atoms with van der Waals surface area (Å²) in [6, 6.07) is 16.2. The maximum Gasteiger partial charge on any atom is 0.253 e. The fraction of sp³-hybridized carbons (Fsp3) is 0.286. The molecule has 1 unspecified atom stereocenters. The summed E-state index contributed by atoms with van der Waals surface area (Å²) < 4.78 is 5.18. The molecule has 1 aromatic heterocycles. The first kappa shape index (κ1) is 22.8. The van der Waals surface area contributed by atoms with Gasteiger partial charge in [0, 0.05) is 54.6 Å². The number of nitrogens with one attached hydrogen (secondary N) is 1. The van der Waals surface area contributed by atoms with E-state index in [0.717, 1.165) is 43.0 Å². The summed E-state index contributed by atoms with van der Waals surface area (Å²) in [7, 11) is 2.15. The summed E-state index contributed by atoms with van der Waals surface area (Å²) in [4.78, 5) is 28.7. The third-order valence-corrected chi connectivity index (χ3v) is 6.70. The number of likely N-dealkylation sites (tertiary alicyclic amines) is 2. The normalized spacial score (nSPS) is 19.2. The molecule has 7 nitrogen and oxygen atoms in total. The molecule has 3 aromatic rings. The third-order valence-electron chi connectivity index (χ3n) is 6.70. The maximum absolute atomic E-state index is 12.9. The molecule has 2 aliphatic heterocycles. The van der Waals surface area contributed by atoms with Crippen LogP contribution in [0, 0.1) is 23.7 Å². The van der Waals surface area contributed by atoms with Gasteiger partial charge in [-0.3, -0.25) is 9.59 Å². The SMILES string of the molecule is CN1CC2CN(C(=O)c3ccc(C#Cc4ccc(NCc5occc(=O)c5O)cc4)cc3)C[C@@H]2C1. The smallest absolute Gasteiger partial charge is 0.253 e. The molecule has 3 heterocycles. The lowest BCUT2D eigenvalue weighted by Crippen LogP contribution is -2.32. The van der Waals surface area contributed by atoms with Crippen LogP contribution in [0.4, 0.5) is 5.69 Å². The van der Waals surface area contributed by atoms with Crippen molar-refractivity contribution in [2.45, 2.75) is 6.54 Å². The summed E-state index contributed by atoms with van der Waals surface area (Å²) >= 11 is 0. The van der Waals surface area contributed by atoms with Crippen LogP contribution in [0.5, 0.6) is 5.75 Å². The van der Waals surface area contributed by atoms with Crippen LogP contribution in [0.2, 0.25) is 0 Å². The Bertz CT molecular complexity index is 1320. The number of carbonyl (C=O) groups is 1. The zero-order valence-corrected chi connectivity index (χ0v) is 19.5. The van der Waals surface area contributed by atoms with Gasteiger partial charge in [-0.2, -0.15) is 0 Å². The molecule has 2 fully saturated rings. The molecule has 2 atom stereocenters. The molecule has 35 heavy (non-hydrogen) atoms. The molecule has 2 aromatic carbocycles. The second-order valence-corrected chi connectivity index (χ2v) is 9.27. The van der Waals surface area contributed by atoms with Crippen LogP contribution < -0.4 is 10.7 Å². The van der Waals surface area contributed by atoms with E-state index in [9.17, 15) is 14.7 Å². The van der Waals surface area contributed by atoms with E-state index in [1.165, 1.54) is 12.3 Å². The zero-order valence-electron chi connectivity index (χ0n) is 19.5. The predicted octanol–water partition coefficient (Wildman–Crippen LogP) is 2.99. The number of aromatic hydroxyl groups is 1. The molecule has 1 amide bonds. The topological polar surface area (TPSA) is 86.0 Å². The Morgan fingerprint density at radius 3 is 2.20 bits per heavy atom. The molecule has 0 aliphatic carbocycles. The highest BCUT2D eigenvalue weighted by Crippen LogP contribution is 2.31. The first-order valence-electron chi connectivity index (χ1n) is 11.7. The van der Waals surface area contributed by atoms with Crippen molar-refractivity contribution in [2.75, 3.05) is 38.5 Å². The van der Waals surface area contributed by atoms with Gasteiger partial charge in [0.05, 0.1) is 12.8 Å². The standard InChI is InChI=1S/C28H27N3O4/c1-30-15-22-17-31(18-23(22)16-30)28(34)21-8-4-19(5-9-21)2-3-20-6-10-24(11-7-20)29-14-26-27(33)25(32)12-13-35-26/h4-13,22-23,29,33H,14-18H2,1H3/t22-,23?/m0/s1. The van der Waals surface area contributed by atoms with Crippen molar-refractivity contribution in [1.82, 2.24) is 9.80 Å². The average molecular weight is 470 g/mol. The number of benzene rings is 2. The van der Waals surface area contributed by atoms with Crippen LogP contribution in [0.1, 0.15) is 27.2 Å².